The molecule has 3 heterocycles. The molecule has 11 heteroatoms. The van der Waals surface area contributed by atoms with Crippen molar-refractivity contribution in [2.75, 3.05) is 19.6 Å². The van der Waals surface area contributed by atoms with Gasteiger partial charge in [-0.25, -0.2) is 4.98 Å². The molecule has 0 aliphatic carbocycles. The standard InChI is InChI=1S/C28H25F6N5/c29-27(30,31)21-9-7-20(8-10-21)24-17-19(18-25(39-24)28(32,33)34)11-14-35-15-16-38-26(22-5-1-3-12-36-22)23-6-2-4-13-37-23/h1-10,12-13,17-18,26,35,38H,11,14-16H2. The topological polar surface area (TPSA) is 62.7 Å². The summed E-state index contributed by atoms with van der Waals surface area (Å²) < 4.78 is 79.1. The molecule has 0 bridgehead atoms. The van der Waals surface area contributed by atoms with Crippen molar-refractivity contribution in [2.45, 2.75) is 24.8 Å². The highest BCUT2D eigenvalue weighted by molar-refractivity contribution is 5.61. The Hall–Kier alpha value is -3.83. The number of nitrogens with one attached hydrogen (secondary N) is 2. The van der Waals surface area contributed by atoms with E-state index in [9.17, 15) is 26.3 Å². The van der Waals surface area contributed by atoms with Gasteiger partial charge in [0.05, 0.1) is 28.7 Å². The van der Waals surface area contributed by atoms with Crippen LogP contribution in [-0.2, 0) is 18.8 Å². The van der Waals surface area contributed by atoms with E-state index in [1.54, 1.807) is 12.4 Å². The zero-order valence-corrected chi connectivity index (χ0v) is 20.6. The molecule has 3 aromatic heterocycles. The van der Waals surface area contributed by atoms with Crippen LogP contribution >= 0.6 is 0 Å². The van der Waals surface area contributed by atoms with Crippen LogP contribution in [0.5, 0.6) is 0 Å². The Balaban J connectivity index is 1.38. The normalized spacial score (nSPS) is 12.2. The van der Waals surface area contributed by atoms with Gasteiger partial charge in [-0.3, -0.25) is 9.97 Å². The van der Waals surface area contributed by atoms with Crippen molar-refractivity contribution in [1.82, 2.24) is 25.6 Å². The van der Waals surface area contributed by atoms with Crippen molar-refractivity contribution in [2.24, 2.45) is 0 Å². The molecule has 4 aromatic rings. The first-order valence-electron chi connectivity index (χ1n) is 12.1. The van der Waals surface area contributed by atoms with Crippen molar-refractivity contribution in [3.8, 4) is 11.3 Å². The first-order chi connectivity index (χ1) is 18.6. The number of rotatable bonds is 10. The van der Waals surface area contributed by atoms with Crippen LogP contribution in [0.2, 0.25) is 0 Å². The van der Waals surface area contributed by atoms with E-state index < -0.39 is 23.6 Å². The molecule has 39 heavy (non-hydrogen) atoms. The largest absolute Gasteiger partial charge is 0.433 e. The van der Waals surface area contributed by atoms with Crippen LogP contribution in [0, 0.1) is 0 Å². The van der Waals surface area contributed by atoms with Gasteiger partial charge in [0.1, 0.15) is 5.69 Å². The average molecular weight is 546 g/mol. The summed E-state index contributed by atoms with van der Waals surface area (Å²) in [5.41, 5.74) is 0.139. The maximum atomic E-state index is 13.5. The molecule has 0 radical (unpaired) electrons. The molecule has 0 fully saturated rings. The average Bonchev–Trinajstić information content (AvgIpc) is 2.92. The van der Waals surface area contributed by atoms with Crippen LogP contribution in [-0.4, -0.2) is 34.6 Å². The predicted molar refractivity (Wildman–Crippen MR) is 135 cm³/mol. The molecule has 2 N–H and O–H groups in total. The van der Waals surface area contributed by atoms with E-state index in [-0.39, 0.29) is 23.7 Å². The molecule has 0 saturated heterocycles. The molecular formula is C28H25F6N5. The highest BCUT2D eigenvalue weighted by atomic mass is 19.4. The second-order valence-electron chi connectivity index (χ2n) is 8.72. The van der Waals surface area contributed by atoms with Crippen LogP contribution in [0.3, 0.4) is 0 Å². The minimum absolute atomic E-state index is 0.0382. The third kappa shape index (κ3) is 7.84. The maximum absolute atomic E-state index is 13.5. The van der Waals surface area contributed by atoms with E-state index in [0.717, 1.165) is 41.7 Å². The van der Waals surface area contributed by atoms with E-state index in [1.807, 2.05) is 36.4 Å². The third-order valence-corrected chi connectivity index (χ3v) is 5.89. The van der Waals surface area contributed by atoms with Gasteiger partial charge in [0, 0.05) is 31.0 Å². The van der Waals surface area contributed by atoms with E-state index in [1.165, 1.54) is 6.07 Å². The van der Waals surface area contributed by atoms with Crippen LogP contribution in [0.4, 0.5) is 26.3 Å². The summed E-state index contributed by atoms with van der Waals surface area (Å²) in [5.74, 6) is 0. The number of hydrogen-bond acceptors (Lipinski definition) is 5. The first-order valence-corrected chi connectivity index (χ1v) is 12.1. The van der Waals surface area contributed by atoms with Gasteiger partial charge < -0.3 is 10.6 Å². The summed E-state index contributed by atoms with van der Waals surface area (Å²) in [5, 5.41) is 6.60. The molecule has 0 saturated carbocycles. The Kier molecular flexibility index (Phi) is 8.93. The molecule has 0 unspecified atom stereocenters. The fourth-order valence-corrected chi connectivity index (χ4v) is 3.97. The monoisotopic (exact) mass is 545 g/mol. The van der Waals surface area contributed by atoms with Crippen molar-refractivity contribution >= 4 is 0 Å². The molecule has 1 aromatic carbocycles. The van der Waals surface area contributed by atoms with E-state index >= 15 is 0 Å². The fraction of sp³-hybridized carbons (Fsp3) is 0.250. The smallest absolute Gasteiger partial charge is 0.315 e. The highest BCUT2D eigenvalue weighted by Gasteiger charge is 2.33. The summed E-state index contributed by atoms with van der Waals surface area (Å²) in [7, 11) is 0. The Labute approximate surface area is 221 Å². The van der Waals surface area contributed by atoms with Crippen molar-refractivity contribution in [3.05, 3.63) is 113 Å². The van der Waals surface area contributed by atoms with Crippen LogP contribution in [0.15, 0.2) is 85.2 Å². The fourth-order valence-electron chi connectivity index (χ4n) is 3.97. The zero-order chi connectivity index (χ0) is 27.9. The third-order valence-electron chi connectivity index (χ3n) is 5.89. The summed E-state index contributed by atoms with van der Waals surface area (Å²) in [6.45, 7) is 1.45. The number of pyridine rings is 3. The quantitative estimate of drug-likeness (QED) is 0.187. The Morgan fingerprint density at radius 1 is 0.692 bits per heavy atom. The molecule has 0 aliphatic heterocycles. The van der Waals surface area contributed by atoms with E-state index in [2.05, 4.69) is 25.6 Å². The molecule has 5 nitrogen and oxygen atoms in total. The Morgan fingerprint density at radius 3 is 1.87 bits per heavy atom. The summed E-state index contributed by atoms with van der Waals surface area (Å²) in [4.78, 5) is 12.5. The highest BCUT2D eigenvalue weighted by Crippen LogP contribution is 2.33. The van der Waals surface area contributed by atoms with Gasteiger partial charge in [0.25, 0.3) is 0 Å². The Bertz CT molecular complexity index is 1290. The molecular weight excluding hydrogens is 520 g/mol. The lowest BCUT2D eigenvalue weighted by Crippen LogP contribution is -2.32. The van der Waals surface area contributed by atoms with Crippen LogP contribution in [0.1, 0.15) is 34.3 Å². The van der Waals surface area contributed by atoms with Gasteiger partial charge in [0.15, 0.2) is 0 Å². The number of benzene rings is 1. The molecule has 0 aliphatic rings. The van der Waals surface area contributed by atoms with Gasteiger partial charge >= 0.3 is 12.4 Å². The molecule has 0 atom stereocenters. The maximum Gasteiger partial charge on any atom is 0.433 e. The Morgan fingerprint density at radius 2 is 1.33 bits per heavy atom. The lowest BCUT2D eigenvalue weighted by atomic mass is 10.0. The van der Waals surface area contributed by atoms with Crippen LogP contribution in [0.25, 0.3) is 11.3 Å². The number of alkyl halides is 6. The first kappa shape index (κ1) is 28.2. The van der Waals surface area contributed by atoms with Crippen molar-refractivity contribution < 1.29 is 26.3 Å². The molecule has 0 spiro atoms. The van der Waals surface area contributed by atoms with Crippen molar-refractivity contribution in [1.29, 1.82) is 0 Å². The van der Waals surface area contributed by atoms with Gasteiger partial charge in [-0.2, -0.15) is 26.3 Å². The minimum Gasteiger partial charge on any atom is -0.315 e. The molecule has 0 amide bonds. The summed E-state index contributed by atoms with van der Waals surface area (Å²) in [6.07, 6.45) is -5.56. The van der Waals surface area contributed by atoms with Gasteiger partial charge in [-0.1, -0.05) is 24.3 Å². The van der Waals surface area contributed by atoms with E-state index in [0.29, 0.717) is 25.2 Å². The van der Waals surface area contributed by atoms with Crippen molar-refractivity contribution in [3.63, 3.8) is 0 Å². The van der Waals surface area contributed by atoms with Gasteiger partial charge in [0.2, 0.25) is 0 Å². The number of aromatic nitrogens is 3. The van der Waals surface area contributed by atoms with Gasteiger partial charge in [-0.05, 0) is 67.1 Å². The predicted octanol–water partition coefficient (Wildman–Crippen LogP) is 6.09. The summed E-state index contributed by atoms with van der Waals surface area (Å²) in [6, 6.07) is 17.3. The van der Waals surface area contributed by atoms with Crippen LogP contribution < -0.4 is 10.6 Å². The lowest BCUT2D eigenvalue weighted by Gasteiger charge is -2.18. The molecule has 204 valence electrons. The number of hydrogen-bond donors (Lipinski definition) is 2. The zero-order valence-electron chi connectivity index (χ0n) is 20.6. The van der Waals surface area contributed by atoms with E-state index in [4.69, 9.17) is 0 Å². The minimum atomic E-state index is -4.69. The second-order valence-corrected chi connectivity index (χ2v) is 8.72. The van der Waals surface area contributed by atoms with Gasteiger partial charge in [-0.15, -0.1) is 0 Å². The second kappa shape index (κ2) is 12.4. The number of halogens is 6. The lowest BCUT2D eigenvalue weighted by molar-refractivity contribution is -0.141. The summed E-state index contributed by atoms with van der Waals surface area (Å²) >= 11 is 0. The number of nitrogens with zero attached hydrogens (tertiary/aromatic N) is 3. The molecule has 4 rings (SSSR count). The SMILES string of the molecule is FC(F)(F)c1ccc(-c2cc(CCNCCNC(c3ccccn3)c3ccccn3)cc(C(F)(F)F)n2)cc1.